The molecule has 0 N–H and O–H groups in total. The van der Waals surface area contributed by atoms with E-state index in [1.165, 1.54) is 0 Å². The van der Waals surface area contributed by atoms with Crippen molar-refractivity contribution in [2.24, 2.45) is 0 Å². The molecular weight excluding hydrogens is 414 g/mol. The molecule has 1 aliphatic carbocycles. The molecule has 1 amide bonds. The van der Waals surface area contributed by atoms with E-state index >= 15 is 0 Å². The summed E-state index contributed by atoms with van der Waals surface area (Å²) in [4.78, 5) is 26.3. The Balaban J connectivity index is 1.38. The lowest BCUT2D eigenvalue weighted by Gasteiger charge is -2.19. The Morgan fingerprint density at radius 2 is 1.94 bits per heavy atom. The van der Waals surface area contributed by atoms with Gasteiger partial charge in [0.25, 0.3) is 5.91 Å². The molecule has 0 atom stereocenters. The molecule has 1 saturated carbocycles. The van der Waals surface area contributed by atoms with Crippen molar-refractivity contribution < 1.29 is 4.79 Å². The Hall–Kier alpha value is -4.07. The van der Waals surface area contributed by atoms with Crippen LogP contribution in [0, 0.1) is 0 Å². The fourth-order valence-electron chi connectivity index (χ4n) is 4.40. The number of fused-ring (bicyclic) bond motifs is 1. The monoisotopic (exact) mass is 437 g/mol. The van der Waals surface area contributed by atoms with Gasteiger partial charge in [-0.25, -0.2) is 4.98 Å². The van der Waals surface area contributed by atoms with Gasteiger partial charge in [0, 0.05) is 54.9 Å². The lowest BCUT2D eigenvalue weighted by molar-refractivity contribution is 0.0996. The number of amides is 1. The van der Waals surface area contributed by atoms with Crippen molar-refractivity contribution in [3.63, 3.8) is 0 Å². The fourth-order valence-corrected chi connectivity index (χ4v) is 4.40. The number of carbonyl (C=O) groups is 1. The molecule has 1 fully saturated rings. The smallest absolute Gasteiger partial charge is 0.260 e. The van der Waals surface area contributed by atoms with Gasteiger partial charge in [-0.15, -0.1) is 10.2 Å². The number of anilines is 2. The predicted octanol–water partition coefficient (Wildman–Crippen LogP) is 3.96. The molecule has 33 heavy (non-hydrogen) atoms. The quantitative estimate of drug-likeness (QED) is 0.470. The first-order valence-electron chi connectivity index (χ1n) is 11.0. The predicted molar refractivity (Wildman–Crippen MR) is 126 cm³/mol. The summed E-state index contributed by atoms with van der Waals surface area (Å²) in [7, 11) is 4.02. The molecular formula is C25H23N7O. The average molecular weight is 438 g/mol. The SMILES string of the molecule is CN(C)c1cc2c(cc1-c1cccnc1)C(=O)N(c1cccc(-c3nncn3C3CC3)n1)C2. The lowest BCUT2D eigenvalue weighted by atomic mass is 9.98. The van der Waals surface area contributed by atoms with E-state index in [1.807, 2.05) is 56.7 Å². The molecule has 0 spiro atoms. The van der Waals surface area contributed by atoms with Gasteiger partial charge in [0.05, 0.1) is 6.54 Å². The van der Waals surface area contributed by atoms with Crippen LogP contribution < -0.4 is 9.80 Å². The normalized spacial score (nSPS) is 15.1. The van der Waals surface area contributed by atoms with Crippen LogP contribution in [0.25, 0.3) is 22.6 Å². The molecule has 1 aliphatic heterocycles. The largest absolute Gasteiger partial charge is 0.377 e. The van der Waals surface area contributed by atoms with Gasteiger partial charge in [0.1, 0.15) is 17.8 Å². The van der Waals surface area contributed by atoms with Crippen LogP contribution in [0.3, 0.4) is 0 Å². The first kappa shape index (κ1) is 19.6. The Morgan fingerprint density at radius 3 is 2.70 bits per heavy atom. The summed E-state index contributed by atoms with van der Waals surface area (Å²) in [6, 6.07) is 14.2. The number of carbonyl (C=O) groups excluding carboxylic acids is 1. The number of rotatable bonds is 5. The highest BCUT2D eigenvalue weighted by Gasteiger charge is 2.32. The second-order valence-corrected chi connectivity index (χ2v) is 8.73. The lowest BCUT2D eigenvalue weighted by Crippen LogP contribution is -2.24. The van der Waals surface area contributed by atoms with Crippen LogP contribution in [-0.2, 0) is 6.54 Å². The van der Waals surface area contributed by atoms with Crippen molar-refractivity contribution in [2.75, 3.05) is 23.9 Å². The van der Waals surface area contributed by atoms with E-state index < -0.39 is 0 Å². The van der Waals surface area contributed by atoms with Gasteiger partial charge in [-0.05, 0) is 48.7 Å². The standard InChI is InChI=1S/C25H23N7O/c1-30(2)22-11-17-14-31(25(33)20(17)12-19(22)16-5-4-10-26-13-16)23-7-3-6-21(28-23)24-29-27-15-32(24)18-8-9-18/h3-7,10-13,15,18H,8-9,14H2,1-2H3. The third-order valence-electron chi connectivity index (χ3n) is 6.23. The van der Waals surface area contributed by atoms with Gasteiger partial charge in [0.15, 0.2) is 5.82 Å². The minimum atomic E-state index is -0.0474. The minimum Gasteiger partial charge on any atom is -0.377 e. The molecule has 8 nitrogen and oxygen atoms in total. The van der Waals surface area contributed by atoms with E-state index in [0.29, 0.717) is 24.0 Å². The molecule has 0 radical (unpaired) electrons. The average Bonchev–Trinajstić information content (AvgIpc) is 3.48. The van der Waals surface area contributed by atoms with E-state index in [1.54, 1.807) is 17.4 Å². The molecule has 0 unspecified atom stereocenters. The number of aromatic nitrogens is 5. The topological polar surface area (TPSA) is 80.0 Å². The number of hydrogen-bond donors (Lipinski definition) is 0. The van der Waals surface area contributed by atoms with Crippen molar-refractivity contribution >= 4 is 17.4 Å². The summed E-state index contributed by atoms with van der Waals surface area (Å²) < 4.78 is 2.08. The summed E-state index contributed by atoms with van der Waals surface area (Å²) in [5.41, 5.74) is 5.44. The Bertz CT molecular complexity index is 1360. The molecule has 2 aliphatic rings. The molecule has 8 heteroatoms. The fraction of sp³-hybridized carbons (Fsp3) is 0.240. The maximum absolute atomic E-state index is 13.5. The van der Waals surface area contributed by atoms with Crippen LogP contribution in [0.4, 0.5) is 11.5 Å². The van der Waals surface area contributed by atoms with Gasteiger partial charge >= 0.3 is 0 Å². The number of pyridine rings is 2. The Morgan fingerprint density at radius 1 is 1.06 bits per heavy atom. The van der Waals surface area contributed by atoms with E-state index in [0.717, 1.165) is 46.7 Å². The molecule has 6 rings (SSSR count). The van der Waals surface area contributed by atoms with Crippen LogP contribution in [0.2, 0.25) is 0 Å². The highest BCUT2D eigenvalue weighted by molar-refractivity contribution is 6.11. The van der Waals surface area contributed by atoms with Gasteiger partial charge in [0.2, 0.25) is 0 Å². The van der Waals surface area contributed by atoms with Crippen molar-refractivity contribution in [3.8, 4) is 22.6 Å². The summed E-state index contributed by atoms with van der Waals surface area (Å²) >= 11 is 0. The first-order chi connectivity index (χ1) is 16.1. The van der Waals surface area contributed by atoms with Crippen LogP contribution >= 0.6 is 0 Å². The zero-order valence-electron chi connectivity index (χ0n) is 18.5. The van der Waals surface area contributed by atoms with Crippen molar-refractivity contribution in [1.82, 2.24) is 24.7 Å². The third-order valence-corrected chi connectivity index (χ3v) is 6.23. The van der Waals surface area contributed by atoms with Crippen LogP contribution in [0.15, 0.2) is 61.2 Å². The maximum Gasteiger partial charge on any atom is 0.260 e. The van der Waals surface area contributed by atoms with Gasteiger partial charge in [-0.3, -0.25) is 14.7 Å². The molecule has 164 valence electrons. The molecule has 1 aromatic carbocycles. The summed E-state index contributed by atoms with van der Waals surface area (Å²) in [5, 5.41) is 8.37. The number of benzene rings is 1. The highest BCUT2D eigenvalue weighted by Crippen LogP contribution is 2.39. The van der Waals surface area contributed by atoms with E-state index in [9.17, 15) is 4.79 Å². The Labute approximate surface area is 191 Å². The van der Waals surface area contributed by atoms with Gasteiger partial charge in [-0.2, -0.15) is 0 Å². The van der Waals surface area contributed by atoms with Crippen molar-refractivity contribution in [2.45, 2.75) is 25.4 Å². The van der Waals surface area contributed by atoms with E-state index in [-0.39, 0.29) is 5.91 Å². The van der Waals surface area contributed by atoms with Crippen molar-refractivity contribution in [3.05, 3.63) is 72.3 Å². The maximum atomic E-state index is 13.5. The third kappa shape index (κ3) is 3.34. The summed E-state index contributed by atoms with van der Waals surface area (Å²) in [5.74, 6) is 1.32. The number of hydrogen-bond acceptors (Lipinski definition) is 6. The zero-order valence-corrected chi connectivity index (χ0v) is 18.5. The zero-order chi connectivity index (χ0) is 22.5. The van der Waals surface area contributed by atoms with E-state index in [4.69, 9.17) is 4.98 Å². The molecule has 0 saturated heterocycles. The first-order valence-corrected chi connectivity index (χ1v) is 11.0. The highest BCUT2D eigenvalue weighted by atomic mass is 16.2. The van der Waals surface area contributed by atoms with Crippen LogP contribution in [0.1, 0.15) is 34.8 Å². The van der Waals surface area contributed by atoms with Gasteiger partial charge in [-0.1, -0.05) is 12.1 Å². The molecule has 4 heterocycles. The summed E-state index contributed by atoms with van der Waals surface area (Å²) in [6.07, 6.45) is 7.62. The van der Waals surface area contributed by atoms with E-state index in [2.05, 4.69) is 30.7 Å². The number of nitrogens with zero attached hydrogens (tertiary/aromatic N) is 7. The van der Waals surface area contributed by atoms with Crippen LogP contribution in [0.5, 0.6) is 0 Å². The molecule has 3 aromatic heterocycles. The van der Waals surface area contributed by atoms with Crippen molar-refractivity contribution in [1.29, 1.82) is 0 Å². The second kappa shape index (κ2) is 7.51. The van der Waals surface area contributed by atoms with Crippen LogP contribution in [-0.4, -0.2) is 44.7 Å². The molecule has 0 bridgehead atoms. The minimum absolute atomic E-state index is 0.0474. The second-order valence-electron chi connectivity index (χ2n) is 8.73. The summed E-state index contributed by atoms with van der Waals surface area (Å²) in [6.45, 7) is 0.480. The molecule has 4 aromatic rings. The van der Waals surface area contributed by atoms with Gasteiger partial charge < -0.3 is 9.47 Å². The Kier molecular flexibility index (Phi) is 4.46.